The maximum Gasteiger partial charge on any atom is 0.308 e. The van der Waals surface area contributed by atoms with Crippen molar-refractivity contribution in [3.8, 4) is 5.75 Å². The minimum absolute atomic E-state index is 0.0330. The number of benzene rings is 2. The predicted octanol–water partition coefficient (Wildman–Crippen LogP) is 2.70. The third kappa shape index (κ3) is 3.69. The van der Waals surface area contributed by atoms with E-state index in [0.29, 0.717) is 17.9 Å². The first-order chi connectivity index (χ1) is 12.5. The van der Waals surface area contributed by atoms with Crippen LogP contribution in [0.25, 0.3) is 0 Å². The van der Waals surface area contributed by atoms with E-state index in [1.165, 1.54) is 25.3 Å². The fraction of sp³-hybridized carbons (Fsp3) is 0.300. The van der Waals surface area contributed by atoms with E-state index in [4.69, 9.17) is 4.74 Å². The van der Waals surface area contributed by atoms with Gasteiger partial charge in [0.15, 0.2) is 0 Å². The summed E-state index contributed by atoms with van der Waals surface area (Å²) >= 11 is 0. The number of nitrogens with zero attached hydrogens (tertiary/aromatic N) is 1. The monoisotopic (exact) mass is 357 g/mol. The van der Waals surface area contributed by atoms with Crippen LogP contribution in [0.5, 0.6) is 5.75 Å². The maximum absolute atomic E-state index is 13.5. The molecule has 0 aromatic heterocycles. The van der Waals surface area contributed by atoms with Crippen molar-refractivity contribution in [2.45, 2.75) is 12.3 Å². The van der Waals surface area contributed by atoms with Gasteiger partial charge >= 0.3 is 5.97 Å². The summed E-state index contributed by atoms with van der Waals surface area (Å²) in [5.41, 5.74) is 1.35. The number of ether oxygens (including phenoxy) is 1. The zero-order chi connectivity index (χ0) is 18.7. The maximum atomic E-state index is 13.5. The van der Waals surface area contributed by atoms with Crippen LogP contribution in [0.15, 0.2) is 48.5 Å². The fourth-order valence-corrected chi connectivity index (χ4v) is 3.46. The van der Waals surface area contributed by atoms with Gasteiger partial charge in [0.1, 0.15) is 11.6 Å². The molecule has 1 amide bonds. The number of carbonyl (C=O) groups excluding carboxylic acids is 1. The van der Waals surface area contributed by atoms with Crippen molar-refractivity contribution in [2.24, 2.45) is 5.92 Å². The van der Waals surface area contributed by atoms with E-state index in [1.807, 2.05) is 30.3 Å². The zero-order valence-corrected chi connectivity index (χ0v) is 14.4. The Kier molecular flexibility index (Phi) is 5.21. The number of carboxylic acid groups (broad SMARTS) is 1. The normalized spacial score (nSPS) is 19.4. The van der Waals surface area contributed by atoms with Gasteiger partial charge in [-0.15, -0.1) is 0 Å². The molecule has 2 atom stereocenters. The van der Waals surface area contributed by atoms with Crippen molar-refractivity contribution < 1.29 is 23.8 Å². The standard InChI is InChI=1S/C20H20FNO4/c1-26-18-8-7-15(21)9-14(18)10-19(23)22-11-16(17(12-22)20(24)25)13-5-3-2-4-6-13/h2-9,16-17H,10-12H2,1H3,(H,24,25). The molecule has 3 rings (SSSR count). The zero-order valence-electron chi connectivity index (χ0n) is 14.4. The molecule has 0 radical (unpaired) electrons. The number of methoxy groups -OCH3 is 1. The Morgan fingerprint density at radius 1 is 1.19 bits per heavy atom. The van der Waals surface area contributed by atoms with E-state index < -0.39 is 17.7 Å². The number of carbonyl (C=O) groups is 2. The lowest BCUT2D eigenvalue weighted by molar-refractivity contribution is -0.141. The lowest BCUT2D eigenvalue weighted by Gasteiger charge is -2.17. The summed E-state index contributed by atoms with van der Waals surface area (Å²) < 4.78 is 18.7. The van der Waals surface area contributed by atoms with Crippen LogP contribution in [-0.4, -0.2) is 42.1 Å². The number of amides is 1. The topological polar surface area (TPSA) is 66.8 Å². The Balaban J connectivity index is 1.78. The van der Waals surface area contributed by atoms with E-state index in [2.05, 4.69) is 0 Å². The second kappa shape index (κ2) is 7.56. The van der Waals surface area contributed by atoms with Gasteiger partial charge in [0.25, 0.3) is 0 Å². The number of aliphatic carboxylic acids is 1. The van der Waals surface area contributed by atoms with Crippen molar-refractivity contribution in [2.75, 3.05) is 20.2 Å². The minimum atomic E-state index is -0.919. The number of carboxylic acids is 1. The number of likely N-dealkylation sites (tertiary alicyclic amines) is 1. The molecule has 0 saturated carbocycles. The summed E-state index contributed by atoms with van der Waals surface area (Å²) in [6.07, 6.45) is -0.0330. The first-order valence-corrected chi connectivity index (χ1v) is 8.37. The van der Waals surface area contributed by atoms with Crippen molar-refractivity contribution in [1.29, 1.82) is 0 Å². The number of hydrogen-bond donors (Lipinski definition) is 1. The van der Waals surface area contributed by atoms with Crippen molar-refractivity contribution >= 4 is 11.9 Å². The summed E-state index contributed by atoms with van der Waals surface area (Å²) in [6.45, 7) is 0.475. The Hall–Kier alpha value is -2.89. The Morgan fingerprint density at radius 3 is 2.58 bits per heavy atom. The van der Waals surface area contributed by atoms with Gasteiger partial charge in [0.05, 0.1) is 19.4 Å². The molecule has 26 heavy (non-hydrogen) atoms. The molecule has 2 aromatic carbocycles. The molecule has 136 valence electrons. The van der Waals surface area contributed by atoms with Gasteiger partial charge in [-0.25, -0.2) is 4.39 Å². The number of halogens is 1. The van der Waals surface area contributed by atoms with Crippen LogP contribution in [0.3, 0.4) is 0 Å². The van der Waals surface area contributed by atoms with Crippen LogP contribution < -0.4 is 4.74 Å². The molecule has 1 N–H and O–H groups in total. The molecule has 2 aromatic rings. The van der Waals surface area contributed by atoms with E-state index in [9.17, 15) is 19.1 Å². The molecular formula is C20H20FNO4. The van der Waals surface area contributed by atoms with Crippen LogP contribution >= 0.6 is 0 Å². The number of rotatable bonds is 5. The molecule has 1 aliphatic heterocycles. The van der Waals surface area contributed by atoms with Crippen LogP contribution in [0.4, 0.5) is 4.39 Å². The highest BCUT2D eigenvalue weighted by Gasteiger charge is 2.40. The number of hydrogen-bond acceptors (Lipinski definition) is 3. The van der Waals surface area contributed by atoms with Crippen LogP contribution in [0.2, 0.25) is 0 Å². The van der Waals surface area contributed by atoms with Crippen molar-refractivity contribution in [3.63, 3.8) is 0 Å². The largest absolute Gasteiger partial charge is 0.496 e. The summed E-state index contributed by atoms with van der Waals surface area (Å²) in [6, 6.07) is 13.4. The summed E-state index contributed by atoms with van der Waals surface area (Å²) in [4.78, 5) is 25.9. The predicted molar refractivity (Wildman–Crippen MR) is 93.5 cm³/mol. The first-order valence-electron chi connectivity index (χ1n) is 8.37. The highest BCUT2D eigenvalue weighted by atomic mass is 19.1. The van der Waals surface area contributed by atoms with Crippen LogP contribution in [0, 0.1) is 11.7 Å². The summed E-state index contributed by atoms with van der Waals surface area (Å²) in [5.74, 6) is -2.08. The third-order valence-electron chi connectivity index (χ3n) is 4.80. The van der Waals surface area contributed by atoms with Gasteiger partial charge in [-0.1, -0.05) is 30.3 Å². The van der Waals surface area contributed by atoms with E-state index in [-0.39, 0.29) is 24.8 Å². The molecular weight excluding hydrogens is 337 g/mol. The molecule has 1 fully saturated rings. The quantitative estimate of drug-likeness (QED) is 0.893. The molecule has 5 nitrogen and oxygen atoms in total. The Morgan fingerprint density at radius 2 is 1.92 bits per heavy atom. The Bertz CT molecular complexity index is 809. The minimum Gasteiger partial charge on any atom is -0.496 e. The molecule has 1 heterocycles. The summed E-state index contributed by atoms with van der Waals surface area (Å²) in [5, 5.41) is 9.55. The molecule has 1 saturated heterocycles. The molecule has 2 unspecified atom stereocenters. The van der Waals surface area contributed by atoms with Gasteiger partial charge in [0, 0.05) is 24.6 Å². The van der Waals surface area contributed by atoms with Gasteiger partial charge in [-0.2, -0.15) is 0 Å². The SMILES string of the molecule is COc1ccc(F)cc1CC(=O)N1CC(C(=O)O)C(c2ccccc2)C1. The fourth-order valence-electron chi connectivity index (χ4n) is 3.46. The molecule has 0 aliphatic carbocycles. The highest BCUT2D eigenvalue weighted by Crippen LogP contribution is 2.33. The molecule has 0 spiro atoms. The van der Waals surface area contributed by atoms with Crippen LogP contribution in [0.1, 0.15) is 17.0 Å². The van der Waals surface area contributed by atoms with Gasteiger partial charge in [-0.3, -0.25) is 9.59 Å². The summed E-state index contributed by atoms with van der Waals surface area (Å²) in [7, 11) is 1.46. The van der Waals surface area contributed by atoms with E-state index in [0.717, 1.165) is 5.56 Å². The lowest BCUT2D eigenvalue weighted by Crippen LogP contribution is -2.31. The van der Waals surface area contributed by atoms with Crippen LogP contribution in [-0.2, 0) is 16.0 Å². The smallest absolute Gasteiger partial charge is 0.308 e. The van der Waals surface area contributed by atoms with Gasteiger partial charge in [0.2, 0.25) is 5.91 Å². The van der Waals surface area contributed by atoms with E-state index in [1.54, 1.807) is 4.90 Å². The molecule has 0 bridgehead atoms. The van der Waals surface area contributed by atoms with Gasteiger partial charge < -0.3 is 14.7 Å². The highest BCUT2D eigenvalue weighted by molar-refractivity contribution is 5.82. The second-order valence-corrected chi connectivity index (χ2v) is 6.39. The second-order valence-electron chi connectivity index (χ2n) is 6.39. The van der Waals surface area contributed by atoms with E-state index >= 15 is 0 Å². The van der Waals surface area contributed by atoms with Crippen molar-refractivity contribution in [3.05, 3.63) is 65.5 Å². The lowest BCUT2D eigenvalue weighted by atomic mass is 9.89. The average molecular weight is 357 g/mol. The average Bonchev–Trinajstić information content (AvgIpc) is 3.08. The Labute approximate surface area is 151 Å². The third-order valence-corrected chi connectivity index (χ3v) is 4.80. The molecule has 1 aliphatic rings. The van der Waals surface area contributed by atoms with Crippen molar-refractivity contribution in [1.82, 2.24) is 4.90 Å². The van der Waals surface area contributed by atoms with Gasteiger partial charge in [-0.05, 0) is 23.8 Å². The first kappa shape index (κ1) is 17.9. The molecule has 6 heteroatoms.